The molecule has 0 radical (unpaired) electrons. The van der Waals surface area contributed by atoms with E-state index in [4.69, 9.17) is 4.52 Å². The van der Waals surface area contributed by atoms with Gasteiger partial charge in [-0.3, -0.25) is 4.79 Å². The third-order valence-corrected chi connectivity index (χ3v) is 4.55. The number of nitrogens with zero attached hydrogens (tertiary/aromatic N) is 2. The predicted octanol–water partition coefficient (Wildman–Crippen LogP) is 3.96. The highest BCUT2D eigenvalue weighted by Gasteiger charge is 2.14. The number of thiophene rings is 1. The molecular weight excluding hydrogens is 401 g/mol. The van der Waals surface area contributed by atoms with Crippen molar-refractivity contribution in [3.05, 3.63) is 50.0 Å². The number of anilines is 1. The molecule has 0 aliphatic carbocycles. The highest BCUT2D eigenvalue weighted by atomic mass is 127. The van der Waals surface area contributed by atoms with Crippen LogP contribution in [0.15, 0.2) is 40.2 Å². The van der Waals surface area contributed by atoms with E-state index in [1.54, 1.807) is 6.92 Å². The minimum Gasteiger partial charge on any atom is -0.334 e. The van der Waals surface area contributed by atoms with Gasteiger partial charge in [0.2, 0.25) is 0 Å². The Hall–Kier alpha value is -1.74. The Morgan fingerprint density at radius 3 is 2.86 bits per heavy atom. The number of halogens is 1. The number of para-hydroxylation sites is 1. The Morgan fingerprint density at radius 1 is 1.38 bits per heavy atom. The van der Waals surface area contributed by atoms with Crippen molar-refractivity contribution in [2.45, 2.75) is 6.92 Å². The van der Waals surface area contributed by atoms with Crippen molar-refractivity contribution in [2.75, 3.05) is 5.32 Å². The van der Waals surface area contributed by atoms with E-state index in [2.05, 4.69) is 38.0 Å². The lowest BCUT2D eigenvalue weighted by molar-refractivity contribution is 0.102. The molecule has 5 nitrogen and oxygen atoms in total. The summed E-state index contributed by atoms with van der Waals surface area (Å²) in [7, 11) is 0. The van der Waals surface area contributed by atoms with E-state index in [-0.39, 0.29) is 5.91 Å². The van der Waals surface area contributed by atoms with Crippen LogP contribution in [0.25, 0.3) is 11.5 Å². The topological polar surface area (TPSA) is 68.0 Å². The van der Waals surface area contributed by atoms with Crippen LogP contribution in [0, 0.1) is 9.81 Å². The first-order valence-electron chi connectivity index (χ1n) is 6.08. The van der Waals surface area contributed by atoms with Gasteiger partial charge in [-0.05, 0) is 47.7 Å². The molecule has 2 aromatic heterocycles. The number of nitrogens with one attached hydrogen (secondary N) is 1. The number of rotatable bonds is 3. The van der Waals surface area contributed by atoms with Gasteiger partial charge in [0.15, 0.2) is 5.82 Å². The molecule has 3 rings (SSSR count). The van der Waals surface area contributed by atoms with Crippen LogP contribution in [0.3, 0.4) is 0 Å². The average molecular weight is 411 g/mol. The zero-order valence-corrected chi connectivity index (χ0v) is 13.9. The van der Waals surface area contributed by atoms with Crippen molar-refractivity contribution >= 4 is 45.5 Å². The van der Waals surface area contributed by atoms with Crippen LogP contribution in [0.4, 0.5) is 5.69 Å². The van der Waals surface area contributed by atoms with Crippen LogP contribution in [0.5, 0.6) is 0 Å². The maximum Gasteiger partial charge on any atom is 0.260 e. The largest absolute Gasteiger partial charge is 0.334 e. The molecule has 106 valence electrons. The molecule has 1 amide bonds. The summed E-state index contributed by atoms with van der Waals surface area (Å²) in [4.78, 5) is 16.4. The number of carbonyl (C=O) groups excluding carboxylic acids is 1. The Balaban J connectivity index is 1.91. The second-order valence-corrected chi connectivity index (χ2v) is 7.09. The number of aryl methyl sites for hydroxylation is 1. The van der Waals surface area contributed by atoms with Crippen LogP contribution in [0.1, 0.15) is 16.2 Å². The SMILES string of the molecule is Cc1noc(-c2ccccc2NC(=O)c2csc(I)c2)n1. The van der Waals surface area contributed by atoms with Gasteiger partial charge in [-0.25, -0.2) is 0 Å². The molecule has 0 fully saturated rings. The van der Waals surface area contributed by atoms with E-state index in [0.29, 0.717) is 28.5 Å². The second kappa shape index (κ2) is 5.94. The zero-order chi connectivity index (χ0) is 14.8. The van der Waals surface area contributed by atoms with Crippen LogP contribution >= 0.6 is 33.9 Å². The van der Waals surface area contributed by atoms with Crippen molar-refractivity contribution in [2.24, 2.45) is 0 Å². The number of hydrogen-bond acceptors (Lipinski definition) is 5. The highest BCUT2D eigenvalue weighted by Crippen LogP contribution is 2.27. The summed E-state index contributed by atoms with van der Waals surface area (Å²) < 4.78 is 6.24. The lowest BCUT2D eigenvalue weighted by atomic mass is 10.1. The zero-order valence-electron chi connectivity index (χ0n) is 11.0. The summed E-state index contributed by atoms with van der Waals surface area (Å²) in [5.41, 5.74) is 1.99. The molecular formula is C14H10IN3O2S. The third kappa shape index (κ3) is 3.13. The molecule has 2 heterocycles. The second-order valence-electron chi connectivity index (χ2n) is 4.29. The average Bonchev–Trinajstić information content (AvgIpc) is 3.08. The molecule has 21 heavy (non-hydrogen) atoms. The smallest absolute Gasteiger partial charge is 0.260 e. The molecule has 0 aliphatic heterocycles. The van der Waals surface area contributed by atoms with Gasteiger partial charge < -0.3 is 9.84 Å². The van der Waals surface area contributed by atoms with Crippen LogP contribution in [-0.2, 0) is 0 Å². The first kappa shape index (κ1) is 14.2. The third-order valence-electron chi connectivity index (χ3n) is 2.76. The van der Waals surface area contributed by atoms with E-state index in [1.807, 2.05) is 35.7 Å². The molecule has 0 saturated carbocycles. The van der Waals surface area contributed by atoms with Crippen molar-refractivity contribution in [1.82, 2.24) is 10.1 Å². The molecule has 0 aliphatic rings. The Kier molecular flexibility index (Phi) is 4.02. The van der Waals surface area contributed by atoms with Gasteiger partial charge in [0.05, 0.1) is 19.7 Å². The van der Waals surface area contributed by atoms with Crippen LogP contribution in [-0.4, -0.2) is 16.0 Å². The number of carbonyl (C=O) groups is 1. The quantitative estimate of drug-likeness (QED) is 0.663. The molecule has 0 spiro atoms. The van der Waals surface area contributed by atoms with Gasteiger partial charge in [-0.1, -0.05) is 17.3 Å². The van der Waals surface area contributed by atoms with Crippen molar-refractivity contribution in [1.29, 1.82) is 0 Å². The van der Waals surface area contributed by atoms with Gasteiger partial charge in [0.25, 0.3) is 11.8 Å². The molecule has 1 aromatic carbocycles. The molecule has 0 bridgehead atoms. The fourth-order valence-electron chi connectivity index (χ4n) is 1.81. The number of amides is 1. The number of benzene rings is 1. The van der Waals surface area contributed by atoms with E-state index >= 15 is 0 Å². The van der Waals surface area contributed by atoms with Crippen molar-refractivity contribution < 1.29 is 9.32 Å². The molecule has 7 heteroatoms. The normalized spacial score (nSPS) is 10.6. The molecule has 0 saturated heterocycles. The van der Waals surface area contributed by atoms with Crippen molar-refractivity contribution in [3.8, 4) is 11.5 Å². The van der Waals surface area contributed by atoms with Gasteiger partial charge >= 0.3 is 0 Å². The minimum atomic E-state index is -0.155. The first-order chi connectivity index (χ1) is 10.1. The monoisotopic (exact) mass is 411 g/mol. The van der Waals surface area contributed by atoms with Crippen molar-refractivity contribution in [3.63, 3.8) is 0 Å². The summed E-state index contributed by atoms with van der Waals surface area (Å²) in [6.45, 7) is 1.75. The summed E-state index contributed by atoms with van der Waals surface area (Å²) in [6, 6.07) is 9.20. The minimum absolute atomic E-state index is 0.155. The molecule has 0 atom stereocenters. The molecule has 0 unspecified atom stereocenters. The fourth-order valence-corrected chi connectivity index (χ4v) is 3.14. The summed E-state index contributed by atoms with van der Waals surface area (Å²) in [5, 5.41) is 8.49. The van der Waals surface area contributed by atoms with E-state index in [1.165, 1.54) is 11.3 Å². The first-order valence-corrected chi connectivity index (χ1v) is 8.04. The number of hydrogen-bond donors (Lipinski definition) is 1. The summed E-state index contributed by atoms with van der Waals surface area (Å²) >= 11 is 3.72. The lowest BCUT2D eigenvalue weighted by Crippen LogP contribution is -2.11. The Bertz CT molecular complexity index is 797. The Labute approximate surface area is 138 Å². The Morgan fingerprint density at radius 2 is 2.19 bits per heavy atom. The van der Waals surface area contributed by atoms with E-state index < -0.39 is 0 Å². The fraction of sp³-hybridized carbons (Fsp3) is 0.0714. The van der Waals surface area contributed by atoms with E-state index in [9.17, 15) is 4.79 Å². The maximum absolute atomic E-state index is 12.2. The van der Waals surface area contributed by atoms with Crippen LogP contribution in [0.2, 0.25) is 0 Å². The predicted molar refractivity (Wildman–Crippen MR) is 89.5 cm³/mol. The van der Waals surface area contributed by atoms with Gasteiger partial charge in [0.1, 0.15) is 0 Å². The highest BCUT2D eigenvalue weighted by molar-refractivity contribution is 14.1. The molecule has 3 aromatic rings. The lowest BCUT2D eigenvalue weighted by Gasteiger charge is -2.07. The van der Waals surface area contributed by atoms with Gasteiger partial charge in [-0.2, -0.15) is 4.98 Å². The number of aromatic nitrogens is 2. The molecule has 1 N–H and O–H groups in total. The maximum atomic E-state index is 12.2. The summed E-state index contributed by atoms with van der Waals surface area (Å²) in [5.74, 6) is 0.791. The van der Waals surface area contributed by atoms with Gasteiger partial charge in [-0.15, -0.1) is 11.3 Å². The standard InChI is InChI=1S/C14H10IN3O2S/c1-8-16-14(20-18-8)10-4-2-3-5-11(10)17-13(19)9-6-12(15)21-7-9/h2-7H,1H3,(H,17,19). The van der Waals surface area contributed by atoms with Crippen LogP contribution < -0.4 is 5.32 Å². The summed E-state index contributed by atoms with van der Waals surface area (Å²) in [6.07, 6.45) is 0. The van der Waals surface area contributed by atoms with Gasteiger partial charge in [0, 0.05) is 5.38 Å². The van der Waals surface area contributed by atoms with E-state index in [0.717, 1.165) is 2.88 Å².